The van der Waals surface area contributed by atoms with E-state index < -0.39 is 0 Å². The Morgan fingerprint density at radius 2 is 1.85 bits per heavy atom. The Kier molecular flexibility index (Phi) is 5.20. The molecule has 1 aromatic rings. The van der Waals surface area contributed by atoms with Gasteiger partial charge in [-0.1, -0.05) is 47.1 Å². The molecular weight excluding hydrogens is 408 g/mol. The lowest BCUT2D eigenvalue weighted by Crippen LogP contribution is -2.41. The number of quaternary nitrogens is 1. The number of rotatable bonds is 6. The third kappa shape index (κ3) is 4.23. The molecule has 4 aliphatic rings. The minimum Gasteiger partial charge on any atom is -0.347 e. The maximum absolute atomic E-state index is 4.92. The van der Waals surface area contributed by atoms with Crippen molar-refractivity contribution in [2.24, 2.45) is 0 Å². The van der Waals surface area contributed by atoms with E-state index in [1.807, 2.05) is 0 Å². The number of likely N-dealkylation sites (N-methyl/N-ethyl adjacent to an activating group) is 1. The first-order chi connectivity index (χ1) is 15.7. The molecule has 0 fully saturated rings. The highest BCUT2D eigenvalue weighted by atomic mass is 15.4. The van der Waals surface area contributed by atoms with Crippen LogP contribution >= 0.6 is 0 Å². The van der Waals surface area contributed by atoms with Crippen LogP contribution in [-0.4, -0.2) is 40.6 Å². The van der Waals surface area contributed by atoms with Gasteiger partial charge in [-0.3, -0.25) is 0 Å². The second-order valence-electron chi connectivity index (χ2n) is 9.98. The van der Waals surface area contributed by atoms with Crippen molar-refractivity contribution in [3.05, 3.63) is 82.7 Å². The molecule has 1 heterocycles. The molecule has 4 aliphatic carbocycles. The number of nitrogens with one attached hydrogen (secondary N) is 2. The molecule has 2 unspecified atom stereocenters. The van der Waals surface area contributed by atoms with E-state index in [4.69, 9.17) is 15.0 Å². The first-order valence-corrected chi connectivity index (χ1v) is 11.7. The Morgan fingerprint density at radius 1 is 1.03 bits per heavy atom. The number of nitrogens with zero attached hydrogens (tertiary/aromatic N) is 4. The summed E-state index contributed by atoms with van der Waals surface area (Å²) in [5.41, 5.74) is 6.07. The molecule has 0 spiro atoms. The molecular formula is C27H33N6+. The maximum Gasteiger partial charge on any atom is 0.340 e. The standard InChI is InChI=1S/C27H33N6/c1-18-9-8-11-22(15-18)33(4,5)26-30-24(28-23-12-7-6-10-20(23)3)29-25(31-26)32-27-16-19(2)13-14-21(27)17-27/h6-7,10-11,13-17,23H,8-9,12H2,1-5H3,(H2,28,29,30,31,32)/q+1. The van der Waals surface area contributed by atoms with E-state index >= 15 is 0 Å². The zero-order chi connectivity index (χ0) is 23.2. The van der Waals surface area contributed by atoms with Crippen molar-refractivity contribution in [3.63, 3.8) is 0 Å². The van der Waals surface area contributed by atoms with Crippen molar-refractivity contribution in [3.8, 4) is 0 Å². The lowest BCUT2D eigenvalue weighted by molar-refractivity contribution is 0.473. The van der Waals surface area contributed by atoms with Crippen LogP contribution in [0.3, 0.4) is 0 Å². The molecule has 33 heavy (non-hydrogen) atoms. The SMILES string of the molecule is CC1=CC2(Nc3nc(NC4CC=CC=C4C)nc([N+](C)(C)C4=CCCC(C)=C4)n3)C=C2C=C1. The van der Waals surface area contributed by atoms with Crippen LogP contribution in [0.1, 0.15) is 40.0 Å². The molecule has 0 aliphatic heterocycles. The predicted molar refractivity (Wildman–Crippen MR) is 137 cm³/mol. The summed E-state index contributed by atoms with van der Waals surface area (Å²) in [7, 11) is 4.29. The highest BCUT2D eigenvalue weighted by Gasteiger charge is 2.43. The first kappa shape index (κ1) is 21.6. The summed E-state index contributed by atoms with van der Waals surface area (Å²) in [5, 5.41) is 7.13. The summed E-state index contributed by atoms with van der Waals surface area (Å²) >= 11 is 0. The third-order valence-electron chi connectivity index (χ3n) is 6.85. The highest BCUT2D eigenvalue weighted by molar-refractivity contribution is 5.69. The van der Waals surface area contributed by atoms with E-state index in [1.54, 1.807) is 0 Å². The number of anilines is 2. The lowest BCUT2D eigenvalue weighted by atomic mass is 10.0. The van der Waals surface area contributed by atoms with Gasteiger partial charge in [-0.2, -0.15) is 4.98 Å². The van der Waals surface area contributed by atoms with E-state index in [1.165, 1.54) is 28.0 Å². The van der Waals surface area contributed by atoms with Gasteiger partial charge in [0.2, 0.25) is 11.9 Å². The van der Waals surface area contributed by atoms with E-state index in [0.29, 0.717) is 22.3 Å². The minimum atomic E-state index is -0.282. The van der Waals surface area contributed by atoms with Crippen molar-refractivity contribution in [1.82, 2.24) is 19.4 Å². The number of aromatic nitrogens is 3. The van der Waals surface area contributed by atoms with Crippen LogP contribution in [0, 0.1) is 0 Å². The van der Waals surface area contributed by atoms with Crippen LogP contribution < -0.4 is 15.1 Å². The molecule has 0 bridgehead atoms. The highest BCUT2D eigenvalue weighted by Crippen LogP contribution is 2.43. The van der Waals surface area contributed by atoms with Crippen molar-refractivity contribution in [2.45, 2.75) is 51.6 Å². The summed E-state index contributed by atoms with van der Waals surface area (Å²) < 4.78 is 0.463. The average Bonchev–Trinajstić information content (AvgIpc) is 3.47. The summed E-state index contributed by atoms with van der Waals surface area (Å²) in [6.07, 6.45) is 22.8. The maximum atomic E-state index is 4.92. The summed E-state index contributed by atoms with van der Waals surface area (Å²) in [6.45, 7) is 6.45. The van der Waals surface area contributed by atoms with Gasteiger partial charge in [-0.15, -0.1) is 9.97 Å². The Morgan fingerprint density at radius 3 is 2.64 bits per heavy atom. The molecule has 0 radical (unpaired) electrons. The summed E-state index contributed by atoms with van der Waals surface area (Å²) in [4.78, 5) is 14.6. The molecule has 0 saturated carbocycles. The zero-order valence-electron chi connectivity index (χ0n) is 20.2. The molecule has 2 atom stereocenters. The quantitative estimate of drug-likeness (QED) is 0.582. The predicted octanol–water partition coefficient (Wildman–Crippen LogP) is 5.36. The van der Waals surface area contributed by atoms with Gasteiger partial charge in [-0.25, -0.2) is 4.48 Å². The number of fused-ring (bicyclic) bond motifs is 1. The molecule has 170 valence electrons. The zero-order valence-corrected chi connectivity index (χ0v) is 20.2. The van der Waals surface area contributed by atoms with Crippen molar-refractivity contribution in [2.75, 3.05) is 24.7 Å². The van der Waals surface area contributed by atoms with E-state index in [-0.39, 0.29) is 11.6 Å². The summed E-state index contributed by atoms with van der Waals surface area (Å²) in [5.74, 6) is 1.90. The molecule has 0 saturated heterocycles. The van der Waals surface area contributed by atoms with Crippen LogP contribution in [0.5, 0.6) is 0 Å². The average molecular weight is 442 g/mol. The van der Waals surface area contributed by atoms with Crippen molar-refractivity contribution < 1.29 is 0 Å². The first-order valence-electron chi connectivity index (χ1n) is 11.7. The lowest BCUT2D eigenvalue weighted by Gasteiger charge is -2.30. The van der Waals surface area contributed by atoms with Crippen LogP contribution in [0.25, 0.3) is 0 Å². The molecule has 1 aromatic heterocycles. The Labute approximate surface area is 196 Å². The second-order valence-corrected chi connectivity index (χ2v) is 9.98. The Bertz CT molecular complexity index is 1210. The number of hydrogen-bond acceptors (Lipinski definition) is 5. The van der Waals surface area contributed by atoms with Crippen molar-refractivity contribution in [1.29, 1.82) is 0 Å². The molecule has 2 N–H and O–H groups in total. The number of hydrogen-bond donors (Lipinski definition) is 2. The molecule has 0 amide bonds. The van der Waals surface area contributed by atoms with Gasteiger partial charge in [0.25, 0.3) is 0 Å². The van der Waals surface area contributed by atoms with Gasteiger partial charge in [0.1, 0.15) is 11.2 Å². The van der Waals surface area contributed by atoms with Gasteiger partial charge < -0.3 is 10.6 Å². The fourth-order valence-corrected chi connectivity index (χ4v) is 4.61. The largest absolute Gasteiger partial charge is 0.347 e. The second kappa shape index (κ2) is 7.96. The number of allylic oxidation sites excluding steroid dienone is 7. The normalized spacial score (nSPS) is 25.8. The van der Waals surface area contributed by atoms with Crippen LogP contribution in [0.2, 0.25) is 0 Å². The van der Waals surface area contributed by atoms with Gasteiger partial charge in [0.05, 0.1) is 20.1 Å². The molecule has 5 rings (SSSR count). The molecule has 6 heteroatoms. The third-order valence-corrected chi connectivity index (χ3v) is 6.85. The Hall–Kier alpha value is -3.25. The van der Waals surface area contributed by atoms with Crippen LogP contribution in [-0.2, 0) is 0 Å². The van der Waals surface area contributed by atoms with Crippen molar-refractivity contribution >= 4 is 17.8 Å². The topological polar surface area (TPSA) is 62.7 Å². The minimum absolute atomic E-state index is 0.178. The van der Waals surface area contributed by atoms with Crippen LogP contribution in [0.4, 0.5) is 17.8 Å². The molecule has 6 nitrogen and oxygen atoms in total. The van der Waals surface area contributed by atoms with E-state index in [2.05, 4.69) is 100 Å². The Balaban J connectivity index is 1.51. The fourth-order valence-electron chi connectivity index (χ4n) is 4.61. The van der Waals surface area contributed by atoms with E-state index in [9.17, 15) is 0 Å². The monoisotopic (exact) mass is 441 g/mol. The summed E-state index contributed by atoms with van der Waals surface area (Å²) in [6, 6.07) is 0.178. The van der Waals surface area contributed by atoms with E-state index in [0.717, 1.165) is 19.3 Å². The van der Waals surface area contributed by atoms with Gasteiger partial charge in [0.15, 0.2) is 0 Å². The van der Waals surface area contributed by atoms with Gasteiger partial charge >= 0.3 is 5.95 Å². The molecule has 0 aromatic carbocycles. The van der Waals surface area contributed by atoms with Gasteiger partial charge in [-0.05, 0) is 69.9 Å². The fraction of sp³-hybridized carbons (Fsp3) is 0.370. The smallest absolute Gasteiger partial charge is 0.340 e. The van der Waals surface area contributed by atoms with Crippen LogP contribution in [0.15, 0.2) is 82.7 Å². The van der Waals surface area contributed by atoms with Gasteiger partial charge in [0, 0.05) is 0 Å².